The van der Waals surface area contributed by atoms with Crippen LogP contribution < -0.4 is 0 Å². The van der Waals surface area contributed by atoms with Crippen molar-refractivity contribution in [1.29, 1.82) is 0 Å². The molecular formula is C22H36O3. The van der Waals surface area contributed by atoms with Crippen LogP contribution in [0.1, 0.15) is 73.6 Å². The highest BCUT2D eigenvalue weighted by molar-refractivity contribution is 5.66. The number of allylic oxidation sites excluding steroid dienone is 1. The van der Waals surface area contributed by atoms with E-state index in [1.165, 1.54) is 12.5 Å². The van der Waals surface area contributed by atoms with Gasteiger partial charge in [-0.05, 0) is 56.3 Å². The molecule has 2 rings (SSSR count). The third-order valence-electron chi connectivity index (χ3n) is 7.17. The number of ether oxygens (including phenoxy) is 1. The highest BCUT2D eigenvalue weighted by Crippen LogP contribution is 2.58. The molecule has 1 N–H and O–H groups in total. The van der Waals surface area contributed by atoms with Gasteiger partial charge in [0.2, 0.25) is 0 Å². The molecule has 0 unspecified atom stereocenters. The number of hydrogen-bond donors (Lipinski definition) is 1. The maximum atomic E-state index is 11.5. The van der Waals surface area contributed by atoms with E-state index in [2.05, 4.69) is 40.3 Å². The Bertz CT molecular complexity index is 558. The van der Waals surface area contributed by atoms with Crippen molar-refractivity contribution in [2.75, 3.05) is 0 Å². The average Bonchev–Trinajstić information content (AvgIpc) is 2.51. The molecule has 0 heterocycles. The predicted molar refractivity (Wildman–Crippen MR) is 102 cm³/mol. The summed E-state index contributed by atoms with van der Waals surface area (Å²) >= 11 is 0. The fraction of sp³-hybridized carbons (Fsp3) is 0.773. The van der Waals surface area contributed by atoms with Gasteiger partial charge in [0.15, 0.2) is 0 Å². The Hall–Kier alpha value is -1.09. The van der Waals surface area contributed by atoms with Crippen molar-refractivity contribution in [2.45, 2.75) is 85.4 Å². The highest BCUT2D eigenvalue weighted by Gasteiger charge is 2.52. The molecule has 1 fully saturated rings. The van der Waals surface area contributed by atoms with Gasteiger partial charge in [0.25, 0.3) is 0 Å². The van der Waals surface area contributed by atoms with Crippen LogP contribution in [0.5, 0.6) is 0 Å². The summed E-state index contributed by atoms with van der Waals surface area (Å²) in [6.45, 7) is 16.3. The maximum absolute atomic E-state index is 11.5. The second kappa shape index (κ2) is 6.90. The second-order valence-corrected chi connectivity index (χ2v) is 9.31. The lowest BCUT2D eigenvalue weighted by Gasteiger charge is -2.55. The van der Waals surface area contributed by atoms with Crippen molar-refractivity contribution in [3.8, 4) is 0 Å². The van der Waals surface area contributed by atoms with E-state index < -0.39 is 5.60 Å². The van der Waals surface area contributed by atoms with Gasteiger partial charge in [-0.1, -0.05) is 45.4 Å². The van der Waals surface area contributed by atoms with Crippen LogP contribution in [0.3, 0.4) is 0 Å². The zero-order valence-electron chi connectivity index (χ0n) is 16.9. The average molecular weight is 349 g/mol. The van der Waals surface area contributed by atoms with E-state index in [0.717, 1.165) is 32.1 Å². The summed E-state index contributed by atoms with van der Waals surface area (Å²) < 4.78 is 5.65. The molecule has 0 aromatic heterocycles. The number of rotatable bonds is 5. The van der Waals surface area contributed by atoms with E-state index in [0.29, 0.717) is 11.8 Å². The van der Waals surface area contributed by atoms with Crippen molar-refractivity contribution in [3.05, 3.63) is 24.3 Å². The first-order valence-corrected chi connectivity index (χ1v) is 9.68. The lowest BCUT2D eigenvalue weighted by Crippen LogP contribution is -2.49. The minimum Gasteiger partial charge on any atom is -0.462 e. The molecule has 3 nitrogen and oxygen atoms in total. The van der Waals surface area contributed by atoms with E-state index in [1.54, 1.807) is 6.08 Å². The van der Waals surface area contributed by atoms with Gasteiger partial charge < -0.3 is 9.84 Å². The van der Waals surface area contributed by atoms with Gasteiger partial charge >= 0.3 is 5.97 Å². The lowest BCUT2D eigenvalue weighted by molar-refractivity contribution is -0.154. The minimum absolute atomic E-state index is 0.0403. The van der Waals surface area contributed by atoms with E-state index in [9.17, 15) is 9.90 Å². The summed E-state index contributed by atoms with van der Waals surface area (Å²) in [4.78, 5) is 11.5. The zero-order valence-corrected chi connectivity index (χ0v) is 16.9. The van der Waals surface area contributed by atoms with Gasteiger partial charge in [-0.2, -0.15) is 0 Å². The summed E-state index contributed by atoms with van der Waals surface area (Å²) in [5.41, 5.74) is 0.657. The highest BCUT2D eigenvalue weighted by atomic mass is 16.5. The van der Waals surface area contributed by atoms with Gasteiger partial charge in [0, 0.05) is 12.3 Å². The molecular weight excluding hydrogens is 312 g/mol. The molecule has 0 spiro atoms. The molecule has 0 bridgehead atoms. The third kappa shape index (κ3) is 3.86. The number of aliphatic hydroxyl groups is 1. The lowest BCUT2D eigenvalue weighted by atomic mass is 9.51. The molecule has 25 heavy (non-hydrogen) atoms. The normalized spacial score (nSPS) is 36.6. The molecule has 0 radical (unpaired) electrons. The quantitative estimate of drug-likeness (QED) is 0.559. The minimum atomic E-state index is -0.811. The monoisotopic (exact) mass is 348 g/mol. The molecule has 0 saturated heterocycles. The molecule has 0 amide bonds. The molecule has 2 aliphatic rings. The zero-order chi connectivity index (χ0) is 19.0. The molecule has 1 saturated carbocycles. The molecule has 2 aliphatic carbocycles. The summed E-state index contributed by atoms with van der Waals surface area (Å²) in [7, 11) is 0. The van der Waals surface area contributed by atoms with Crippen LogP contribution in [0.25, 0.3) is 0 Å². The second-order valence-electron chi connectivity index (χ2n) is 9.31. The van der Waals surface area contributed by atoms with Gasteiger partial charge in [0.05, 0.1) is 5.60 Å². The Labute approximate surface area is 153 Å². The maximum Gasteiger partial charge on any atom is 0.302 e. The fourth-order valence-electron chi connectivity index (χ4n) is 4.93. The number of esters is 1. The van der Waals surface area contributed by atoms with Crippen LogP contribution in [0.15, 0.2) is 24.3 Å². The van der Waals surface area contributed by atoms with Crippen molar-refractivity contribution < 1.29 is 14.6 Å². The van der Waals surface area contributed by atoms with Crippen molar-refractivity contribution in [3.63, 3.8) is 0 Å². The molecule has 0 aromatic carbocycles. The van der Waals surface area contributed by atoms with Crippen LogP contribution in [-0.4, -0.2) is 22.8 Å². The molecule has 5 atom stereocenters. The smallest absolute Gasteiger partial charge is 0.302 e. The first-order valence-electron chi connectivity index (χ1n) is 9.68. The van der Waals surface area contributed by atoms with E-state index in [4.69, 9.17) is 4.74 Å². The van der Waals surface area contributed by atoms with Crippen LogP contribution >= 0.6 is 0 Å². The Kier molecular flexibility index (Phi) is 5.59. The summed E-state index contributed by atoms with van der Waals surface area (Å²) in [6, 6.07) is 0. The van der Waals surface area contributed by atoms with E-state index in [-0.39, 0.29) is 22.9 Å². The van der Waals surface area contributed by atoms with Crippen LogP contribution in [0, 0.1) is 22.7 Å². The first kappa shape index (κ1) is 20.2. The third-order valence-corrected chi connectivity index (χ3v) is 7.17. The predicted octanol–water partition coefficient (Wildman–Crippen LogP) is 5.04. The Morgan fingerprint density at radius 1 is 1.44 bits per heavy atom. The summed E-state index contributed by atoms with van der Waals surface area (Å²) in [5.74, 6) is 0.868. The fourth-order valence-corrected chi connectivity index (χ4v) is 4.93. The summed E-state index contributed by atoms with van der Waals surface area (Å²) in [6.07, 6.45) is 8.73. The number of carbonyl (C=O) groups is 1. The standard InChI is InChI=1S/C22H36O3/c1-8-21(6,24)13-14-22(7)15(2)9-10-17-18(22)11-12-19(20(17,4)5)25-16(3)23/h8,10,15,18-19,24H,1,9,11-14H2,2-7H3/t15-,18+,19+,21+,22-/m1/s1. The molecule has 0 aromatic rings. The molecule has 3 heteroatoms. The SMILES string of the molecule is C=C[C@](C)(O)CC[C@]1(C)[C@H](C)CC=C2[C@@H]1CC[C@H](OC(C)=O)C2(C)C. The van der Waals surface area contributed by atoms with Gasteiger partial charge in [-0.25, -0.2) is 0 Å². The van der Waals surface area contributed by atoms with Crippen LogP contribution in [0.2, 0.25) is 0 Å². The molecule has 0 aliphatic heterocycles. The van der Waals surface area contributed by atoms with Gasteiger partial charge in [0.1, 0.15) is 6.10 Å². The van der Waals surface area contributed by atoms with Gasteiger partial charge in [-0.15, -0.1) is 6.58 Å². The largest absolute Gasteiger partial charge is 0.462 e. The summed E-state index contributed by atoms with van der Waals surface area (Å²) in [5, 5.41) is 10.4. The number of hydrogen-bond acceptors (Lipinski definition) is 3. The van der Waals surface area contributed by atoms with Gasteiger partial charge in [-0.3, -0.25) is 4.79 Å². The van der Waals surface area contributed by atoms with Crippen LogP contribution in [-0.2, 0) is 9.53 Å². The number of carbonyl (C=O) groups excluding carboxylic acids is 1. The van der Waals surface area contributed by atoms with E-state index in [1.807, 2.05) is 6.92 Å². The van der Waals surface area contributed by atoms with Crippen molar-refractivity contribution in [2.24, 2.45) is 22.7 Å². The Morgan fingerprint density at radius 3 is 2.64 bits per heavy atom. The van der Waals surface area contributed by atoms with E-state index >= 15 is 0 Å². The topological polar surface area (TPSA) is 46.5 Å². The van der Waals surface area contributed by atoms with Crippen molar-refractivity contribution >= 4 is 5.97 Å². The van der Waals surface area contributed by atoms with Crippen LogP contribution in [0.4, 0.5) is 0 Å². The number of fused-ring (bicyclic) bond motifs is 1. The molecule has 142 valence electrons. The Morgan fingerprint density at radius 2 is 2.08 bits per heavy atom. The first-order chi connectivity index (χ1) is 11.4. The Balaban J connectivity index is 2.28. The van der Waals surface area contributed by atoms with Crippen molar-refractivity contribution in [1.82, 2.24) is 0 Å².